The van der Waals surface area contributed by atoms with Gasteiger partial charge in [0.05, 0.1) is 25.3 Å². The number of nitrogens with one attached hydrogen (secondary N) is 1. The fraction of sp³-hybridized carbons (Fsp3) is 0.368. The van der Waals surface area contributed by atoms with Crippen molar-refractivity contribution in [3.05, 3.63) is 59.5 Å². The zero-order valence-electron chi connectivity index (χ0n) is 14.2. The zero-order chi connectivity index (χ0) is 17.6. The van der Waals surface area contributed by atoms with E-state index in [1.165, 1.54) is 0 Å². The second-order valence-electron chi connectivity index (χ2n) is 6.11. The maximum absolute atomic E-state index is 12.8. The minimum atomic E-state index is -0.127. The van der Waals surface area contributed by atoms with Crippen molar-refractivity contribution in [2.75, 3.05) is 20.3 Å². The summed E-state index contributed by atoms with van der Waals surface area (Å²) < 4.78 is 10.8. The number of amides is 2. The number of rotatable bonds is 6. The van der Waals surface area contributed by atoms with Crippen LogP contribution in [0, 0.1) is 5.92 Å². The van der Waals surface area contributed by atoms with Crippen LogP contribution in [-0.4, -0.2) is 37.0 Å². The van der Waals surface area contributed by atoms with E-state index in [-0.39, 0.29) is 17.7 Å². The number of hydrogen-bond acceptors (Lipinski definition) is 4. The lowest BCUT2D eigenvalue weighted by Crippen LogP contribution is -2.35. The van der Waals surface area contributed by atoms with Crippen molar-refractivity contribution in [1.29, 1.82) is 0 Å². The molecule has 0 radical (unpaired) electrons. The summed E-state index contributed by atoms with van der Waals surface area (Å²) in [7, 11) is 1.60. The van der Waals surface area contributed by atoms with Crippen LogP contribution < -0.4 is 5.32 Å². The predicted octanol–water partition coefficient (Wildman–Crippen LogP) is 2.20. The van der Waals surface area contributed by atoms with Gasteiger partial charge in [-0.15, -0.1) is 0 Å². The molecule has 0 aliphatic carbocycles. The summed E-state index contributed by atoms with van der Waals surface area (Å²) in [4.78, 5) is 26.3. The third kappa shape index (κ3) is 4.28. The van der Waals surface area contributed by atoms with Gasteiger partial charge < -0.3 is 19.4 Å². The minimum absolute atomic E-state index is 0.0734. The van der Waals surface area contributed by atoms with Crippen molar-refractivity contribution in [2.24, 2.45) is 5.92 Å². The molecular formula is C19H22N2O4. The minimum Gasteiger partial charge on any atom is -0.467 e. The highest BCUT2D eigenvalue weighted by Crippen LogP contribution is 2.20. The van der Waals surface area contributed by atoms with E-state index in [9.17, 15) is 9.59 Å². The highest BCUT2D eigenvalue weighted by Gasteiger charge is 2.28. The molecule has 2 heterocycles. The van der Waals surface area contributed by atoms with Crippen LogP contribution >= 0.6 is 0 Å². The van der Waals surface area contributed by atoms with E-state index in [2.05, 4.69) is 5.32 Å². The van der Waals surface area contributed by atoms with Gasteiger partial charge in [0.15, 0.2) is 0 Å². The maximum Gasteiger partial charge on any atom is 0.251 e. The van der Waals surface area contributed by atoms with Crippen LogP contribution in [0.1, 0.15) is 28.1 Å². The molecule has 6 heteroatoms. The summed E-state index contributed by atoms with van der Waals surface area (Å²) in [6.45, 7) is 1.98. The number of furan rings is 1. The van der Waals surface area contributed by atoms with E-state index in [0.717, 1.165) is 17.7 Å². The van der Waals surface area contributed by atoms with Crippen molar-refractivity contribution in [3.8, 4) is 0 Å². The molecule has 6 nitrogen and oxygen atoms in total. The molecule has 1 N–H and O–H groups in total. The Labute approximate surface area is 146 Å². The lowest BCUT2D eigenvalue weighted by atomic mass is 10.1. The number of carbonyl (C=O) groups is 2. The Morgan fingerprint density at radius 3 is 2.60 bits per heavy atom. The van der Waals surface area contributed by atoms with Gasteiger partial charge in [0.2, 0.25) is 5.91 Å². The normalized spacial score (nSPS) is 16.6. The number of hydrogen-bond donors (Lipinski definition) is 1. The third-order valence-corrected chi connectivity index (χ3v) is 4.33. The molecule has 25 heavy (non-hydrogen) atoms. The van der Waals surface area contributed by atoms with Gasteiger partial charge in [0.25, 0.3) is 5.91 Å². The molecular weight excluding hydrogens is 320 g/mol. The fourth-order valence-electron chi connectivity index (χ4n) is 2.92. The van der Waals surface area contributed by atoms with Crippen LogP contribution in [0.3, 0.4) is 0 Å². The third-order valence-electron chi connectivity index (χ3n) is 4.33. The SMILES string of the molecule is CNC(=O)c1ccc(CN(Cc2ccco2)C(=O)C2CCOC2)cc1. The van der Waals surface area contributed by atoms with E-state index >= 15 is 0 Å². The van der Waals surface area contributed by atoms with Crippen LogP contribution in [0.25, 0.3) is 0 Å². The molecule has 1 saturated heterocycles. The number of nitrogens with zero attached hydrogens (tertiary/aromatic N) is 1. The molecule has 1 fully saturated rings. The smallest absolute Gasteiger partial charge is 0.251 e. The van der Waals surface area contributed by atoms with E-state index < -0.39 is 0 Å². The predicted molar refractivity (Wildman–Crippen MR) is 91.7 cm³/mol. The summed E-state index contributed by atoms with van der Waals surface area (Å²) >= 11 is 0. The Morgan fingerprint density at radius 2 is 2.00 bits per heavy atom. The standard InChI is InChI=1S/C19H22N2O4/c1-20-18(22)15-6-4-14(5-7-15)11-21(12-17-3-2-9-25-17)19(23)16-8-10-24-13-16/h2-7,9,16H,8,10-13H2,1H3,(H,20,22). The molecule has 132 valence electrons. The van der Waals surface area contributed by atoms with Crippen molar-refractivity contribution in [2.45, 2.75) is 19.5 Å². The van der Waals surface area contributed by atoms with E-state index in [1.807, 2.05) is 24.3 Å². The number of benzene rings is 1. The van der Waals surface area contributed by atoms with Gasteiger partial charge >= 0.3 is 0 Å². The molecule has 1 aromatic carbocycles. The largest absolute Gasteiger partial charge is 0.467 e. The van der Waals surface area contributed by atoms with Crippen LogP contribution in [0.5, 0.6) is 0 Å². The van der Waals surface area contributed by atoms with Gasteiger partial charge in [-0.05, 0) is 36.2 Å². The maximum atomic E-state index is 12.8. The zero-order valence-corrected chi connectivity index (χ0v) is 14.2. The molecule has 3 rings (SSSR count). The molecule has 2 aromatic rings. The van der Waals surface area contributed by atoms with E-state index in [4.69, 9.17) is 9.15 Å². The molecule has 1 aliphatic rings. The average molecular weight is 342 g/mol. The number of carbonyl (C=O) groups excluding carboxylic acids is 2. The monoisotopic (exact) mass is 342 g/mol. The van der Waals surface area contributed by atoms with Crippen molar-refractivity contribution in [3.63, 3.8) is 0 Å². The van der Waals surface area contributed by atoms with E-state index in [0.29, 0.717) is 31.9 Å². The molecule has 0 bridgehead atoms. The lowest BCUT2D eigenvalue weighted by molar-refractivity contribution is -0.137. The average Bonchev–Trinajstić information content (AvgIpc) is 3.34. The second kappa shape index (κ2) is 7.98. The molecule has 1 aromatic heterocycles. The second-order valence-corrected chi connectivity index (χ2v) is 6.11. The molecule has 0 spiro atoms. The van der Waals surface area contributed by atoms with Gasteiger partial charge in [-0.1, -0.05) is 12.1 Å². The van der Waals surface area contributed by atoms with Gasteiger partial charge in [0, 0.05) is 25.8 Å². The topological polar surface area (TPSA) is 71.8 Å². The summed E-state index contributed by atoms with van der Waals surface area (Å²) in [6, 6.07) is 11.0. The van der Waals surface area contributed by atoms with Crippen molar-refractivity contribution >= 4 is 11.8 Å². The molecule has 1 atom stereocenters. The molecule has 1 unspecified atom stereocenters. The van der Waals surface area contributed by atoms with Crippen molar-refractivity contribution < 1.29 is 18.7 Å². The first-order valence-corrected chi connectivity index (χ1v) is 8.37. The van der Waals surface area contributed by atoms with Crippen LogP contribution in [-0.2, 0) is 22.6 Å². The van der Waals surface area contributed by atoms with Crippen LogP contribution in [0.2, 0.25) is 0 Å². The Bertz CT molecular complexity index is 704. The summed E-state index contributed by atoms with van der Waals surface area (Å²) in [6.07, 6.45) is 2.36. The molecule has 0 saturated carbocycles. The number of ether oxygens (including phenoxy) is 1. The fourth-order valence-corrected chi connectivity index (χ4v) is 2.92. The first-order chi connectivity index (χ1) is 12.2. The first-order valence-electron chi connectivity index (χ1n) is 8.37. The summed E-state index contributed by atoms with van der Waals surface area (Å²) in [5, 5.41) is 2.60. The quantitative estimate of drug-likeness (QED) is 0.874. The highest BCUT2D eigenvalue weighted by molar-refractivity contribution is 5.93. The van der Waals surface area contributed by atoms with Gasteiger partial charge in [-0.2, -0.15) is 0 Å². The van der Waals surface area contributed by atoms with Crippen LogP contribution in [0.4, 0.5) is 0 Å². The van der Waals surface area contributed by atoms with Gasteiger partial charge in [0.1, 0.15) is 5.76 Å². The van der Waals surface area contributed by atoms with Gasteiger partial charge in [-0.3, -0.25) is 9.59 Å². The van der Waals surface area contributed by atoms with Gasteiger partial charge in [-0.25, -0.2) is 0 Å². The van der Waals surface area contributed by atoms with Crippen molar-refractivity contribution in [1.82, 2.24) is 10.2 Å². The Hall–Kier alpha value is -2.60. The Morgan fingerprint density at radius 1 is 1.20 bits per heavy atom. The Balaban J connectivity index is 1.74. The highest BCUT2D eigenvalue weighted by atomic mass is 16.5. The molecule has 2 amide bonds. The van der Waals surface area contributed by atoms with Crippen LogP contribution in [0.15, 0.2) is 47.1 Å². The summed E-state index contributed by atoms with van der Waals surface area (Å²) in [5.74, 6) is 0.594. The Kier molecular flexibility index (Phi) is 5.50. The lowest BCUT2D eigenvalue weighted by Gasteiger charge is -2.24. The summed E-state index contributed by atoms with van der Waals surface area (Å²) in [5.41, 5.74) is 1.56. The van der Waals surface area contributed by atoms with E-state index in [1.54, 1.807) is 30.3 Å². The first kappa shape index (κ1) is 17.2. The molecule has 1 aliphatic heterocycles.